The summed E-state index contributed by atoms with van der Waals surface area (Å²) in [4.78, 5) is 0. The van der Waals surface area contributed by atoms with Crippen LogP contribution in [0.3, 0.4) is 0 Å². The van der Waals surface area contributed by atoms with Gasteiger partial charge in [0.05, 0.1) is 19.8 Å². The van der Waals surface area contributed by atoms with E-state index in [1.54, 1.807) is 0 Å². The maximum Gasteiger partial charge on any atom is 0.181 e. The first-order valence-corrected chi connectivity index (χ1v) is 4.42. The Bertz CT molecular complexity index is 128. The lowest BCUT2D eigenvalue weighted by molar-refractivity contribution is -0.115. The molecule has 5 heteroatoms. The average Bonchev–Trinajstić information content (AvgIpc) is 2.57. The van der Waals surface area contributed by atoms with Crippen molar-refractivity contribution in [2.24, 2.45) is 0 Å². The van der Waals surface area contributed by atoms with Crippen molar-refractivity contribution in [1.82, 2.24) is 0 Å². The first-order chi connectivity index (χ1) is 6.31. The van der Waals surface area contributed by atoms with Crippen molar-refractivity contribution in [2.75, 3.05) is 26.4 Å². The molecule has 0 aromatic rings. The van der Waals surface area contributed by atoms with Crippen LogP contribution in [0.25, 0.3) is 0 Å². The smallest absolute Gasteiger partial charge is 0.181 e. The molecule has 0 bridgehead atoms. The third-order valence-corrected chi connectivity index (χ3v) is 1.89. The summed E-state index contributed by atoms with van der Waals surface area (Å²) >= 11 is 0. The topological polar surface area (TPSA) is 68.2 Å². The van der Waals surface area contributed by atoms with Crippen LogP contribution in [-0.4, -0.2) is 55.1 Å². The molecule has 1 aliphatic heterocycles. The van der Waals surface area contributed by atoms with Crippen molar-refractivity contribution < 1.29 is 24.4 Å². The molecule has 0 amide bonds. The number of aliphatic hydroxyl groups is 2. The van der Waals surface area contributed by atoms with E-state index in [1.165, 1.54) is 0 Å². The summed E-state index contributed by atoms with van der Waals surface area (Å²) in [6.07, 6.45) is -1.33. The highest BCUT2D eigenvalue weighted by Gasteiger charge is 2.34. The zero-order valence-electron chi connectivity index (χ0n) is 7.68. The molecule has 0 aliphatic carbocycles. The van der Waals surface area contributed by atoms with Crippen LogP contribution in [0.4, 0.5) is 0 Å². The number of hydrogen-bond acceptors (Lipinski definition) is 5. The van der Waals surface area contributed by atoms with Gasteiger partial charge in [0.15, 0.2) is 6.29 Å². The van der Waals surface area contributed by atoms with Gasteiger partial charge in [0, 0.05) is 6.61 Å². The predicted octanol–water partition coefficient (Wildman–Crippen LogP) is -0.882. The van der Waals surface area contributed by atoms with E-state index < -0.39 is 18.5 Å². The fourth-order valence-electron chi connectivity index (χ4n) is 1.21. The fourth-order valence-corrected chi connectivity index (χ4v) is 1.21. The molecule has 0 radical (unpaired) electrons. The molecular weight excluding hydrogens is 176 g/mol. The third kappa shape index (κ3) is 2.89. The zero-order chi connectivity index (χ0) is 9.68. The van der Waals surface area contributed by atoms with Gasteiger partial charge in [0.1, 0.15) is 12.2 Å². The summed E-state index contributed by atoms with van der Waals surface area (Å²) in [5, 5.41) is 17.7. The normalized spacial score (nSPS) is 33.9. The monoisotopic (exact) mass is 192 g/mol. The number of hydrogen-bond donors (Lipinski definition) is 2. The van der Waals surface area contributed by atoms with Gasteiger partial charge in [-0.2, -0.15) is 0 Å². The van der Waals surface area contributed by atoms with Gasteiger partial charge in [-0.1, -0.05) is 0 Å². The number of rotatable bonds is 5. The van der Waals surface area contributed by atoms with Crippen molar-refractivity contribution in [2.45, 2.75) is 25.4 Å². The lowest BCUT2D eigenvalue weighted by Crippen LogP contribution is -2.29. The molecular formula is C8H16O5. The van der Waals surface area contributed by atoms with Gasteiger partial charge in [0.2, 0.25) is 0 Å². The van der Waals surface area contributed by atoms with Crippen LogP contribution in [0.15, 0.2) is 0 Å². The second-order valence-electron chi connectivity index (χ2n) is 2.80. The molecule has 1 fully saturated rings. The van der Waals surface area contributed by atoms with Crippen molar-refractivity contribution in [1.29, 1.82) is 0 Å². The number of ether oxygens (including phenoxy) is 3. The Hall–Kier alpha value is -0.200. The van der Waals surface area contributed by atoms with Crippen molar-refractivity contribution in [3.05, 3.63) is 0 Å². The maximum atomic E-state index is 8.85. The van der Waals surface area contributed by atoms with Crippen LogP contribution in [0.2, 0.25) is 0 Å². The molecule has 1 aliphatic rings. The van der Waals surface area contributed by atoms with Gasteiger partial charge in [-0.3, -0.25) is 0 Å². The molecule has 0 aromatic heterocycles. The highest BCUT2D eigenvalue weighted by Crippen LogP contribution is 2.18. The van der Waals surface area contributed by atoms with E-state index in [-0.39, 0.29) is 13.2 Å². The number of aliphatic hydroxyl groups excluding tert-OH is 2. The molecule has 1 saturated heterocycles. The standard InChI is InChI=1S/C8H16O5/c1-2-11-5-8-12-6(3-9)7(4-10)13-8/h6-10H,2-5H2,1H3. The summed E-state index contributed by atoms with van der Waals surface area (Å²) in [6.45, 7) is 2.52. The molecule has 1 heterocycles. The molecule has 0 saturated carbocycles. The van der Waals surface area contributed by atoms with E-state index in [0.29, 0.717) is 13.2 Å². The second-order valence-corrected chi connectivity index (χ2v) is 2.80. The molecule has 13 heavy (non-hydrogen) atoms. The van der Waals surface area contributed by atoms with E-state index >= 15 is 0 Å². The summed E-state index contributed by atoms with van der Waals surface area (Å²) in [5.41, 5.74) is 0. The van der Waals surface area contributed by atoms with E-state index in [9.17, 15) is 0 Å². The molecule has 0 aromatic carbocycles. The van der Waals surface area contributed by atoms with Gasteiger partial charge in [-0.25, -0.2) is 0 Å². The predicted molar refractivity (Wildman–Crippen MR) is 44.2 cm³/mol. The van der Waals surface area contributed by atoms with Crippen LogP contribution >= 0.6 is 0 Å². The minimum absolute atomic E-state index is 0.145. The third-order valence-electron chi connectivity index (χ3n) is 1.89. The van der Waals surface area contributed by atoms with E-state index in [4.69, 9.17) is 24.4 Å². The minimum atomic E-state index is -0.464. The Labute approximate surface area is 77.2 Å². The van der Waals surface area contributed by atoms with Crippen molar-refractivity contribution in [3.8, 4) is 0 Å². The first-order valence-electron chi connectivity index (χ1n) is 4.42. The Morgan fingerprint density at radius 1 is 1.15 bits per heavy atom. The lowest BCUT2D eigenvalue weighted by Gasteiger charge is -2.09. The van der Waals surface area contributed by atoms with E-state index in [2.05, 4.69) is 0 Å². The second kappa shape index (κ2) is 5.51. The SMILES string of the molecule is CCOCC1OC(CO)C(CO)O1. The highest BCUT2D eigenvalue weighted by molar-refractivity contribution is 4.75. The molecule has 2 unspecified atom stereocenters. The van der Waals surface area contributed by atoms with Gasteiger partial charge in [-0.15, -0.1) is 0 Å². The average molecular weight is 192 g/mol. The van der Waals surface area contributed by atoms with Crippen molar-refractivity contribution >= 4 is 0 Å². The molecule has 0 spiro atoms. The van der Waals surface area contributed by atoms with Gasteiger partial charge < -0.3 is 24.4 Å². The molecule has 5 nitrogen and oxygen atoms in total. The molecule has 1 rings (SSSR count). The fraction of sp³-hybridized carbons (Fsp3) is 1.00. The maximum absolute atomic E-state index is 8.85. The summed E-state index contributed by atoms with van der Waals surface area (Å²) in [6, 6.07) is 0. The Balaban J connectivity index is 2.30. The summed E-state index contributed by atoms with van der Waals surface area (Å²) < 4.78 is 15.6. The van der Waals surface area contributed by atoms with E-state index in [1.807, 2.05) is 6.92 Å². The molecule has 78 valence electrons. The van der Waals surface area contributed by atoms with Gasteiger partial charge in [0.25, 0.3) is 0 Å². The summed E-state index contributed by atoms with van der Waals surface area (Å²) in [7, 11) is 0. The lowest BCUT2D eigenvalue weighted by atomic mass is 10.2. The van der Waals surface area contributed by atoms with E-state index in [0.717, 1.165) is 0 Å². The van der Waals surface area contributed by atoms with Crippen LogP contribution in [-0.2, 0) is 14.2 Å². The van der Waals surface area contributed by atoms with Crippen LogP contribution in [0.5, 0.6) is 0 Å². The molecule has 2 N–H and O–H groups in total. The summed E-state index contributed by atoms with van der Waals surface area (Å²) in [5.74, 6) is 0. The molecule has 2 atom stereocenters. The van der Waals surface area contributed by atoms with Crippen molar-refractivity contribution in [3.63, 3.8) is 0 Å². The zero-order valence-corrected chi connectivity index (χ0v) is 7.68. The van der Waals surface area contributed by atoms with Crippen LogP contribution in [0, 0.1) is 0 Å². The minimum Gasteiger partial charge on any atom is -0.394 e. The van der Waals surface area contributed by atoms with Gasteiger partial charge in [-0.05, 0) is 6.92 Å². The Morgan fingerprint density at radius 2 is 1.69 bits per heavy atom. The Kier molecular flexibility index (Phi) is 4.61. The quantitative estimate of drug-likeness (QED) is 0.592. The largest absolute Gasteiger partial charge is 0.394 e. The highest BCUT2D eigenvalue weighted by atomic mass is 16.7. The van der Waals surface area contributed by atoms with Crippen LogP contribution < -0.4 is 0 Å². The van der Waals surface area contributed by atoms with Gasteiger partial charge >= 0.3 is 0 Å². The Morgan fingerprint density at radius 3 is 2.08 bits per heavy atom. The van der Waals surface area contributed by atoms with Crippen LogP contribution in [0.1, 0.15) is 6.92 Å². The first kappa shape index (κ1) is 10.9.